The molecule has 0 radical (unpaired) electrons. The molecule has 22 heavy (non-hydrogen) atoms. The van der Waals surface area contributed by atoms with Crippen molar-refractivity contribution in [1.82, 2.24) is 4.40 Å². The van der Waals surface area contributed by atoms with E-state index in [9.17, 15) is 10.1 Å². The Kier molecular flexibility index (Phi) is 3.19. The van der Waals surface area contributed by atoms with E-state index in [4.69, 9.17) is 5.11 Å². The molecule has 0 aliphatic carbocycles. The maximum atomic E-state index is 11.0. The van der Waals surface area contributed by atoms with E-state index in [1.54, 1.807) is 24.3 Å². The number of fused-ring (bicyclic) bond motifs is 1. The maximum Gasteiger partial charge on any atom is 0.335 e. The minimum atomic E-state index is -0.948. The molecule has 3 rings (SSSR count). The first-order valence-electron chi connectivity index (χ1n) is 6.87. The smallest absolute Gasteiger partial charge is 0.335 e. The normalized spacial score (nSPS) is 10.6. The molecule has 0 saturated heterocycles. The first kappa shape index (κ1) is 13.9. The SMILES string of the molecule is Cc1cc(C)c2c(C#N)cc(-c3ccc(C(=O)O)cc3)n2c1. The highest BCUT2D eigenvalue weighted by atomic mass is 16.4. The zero-order valence-corrected chi connectivity index (χ0v) is 12.3. The number of carboxylic acid groups (broad SMARTS) is 1. The fourth-order valence-corrected chi connectivity index (χ4v) is 2.80. The van der Waals surface area contributed by atoms with Crippen LogP contribution in [-0.4, -0.2) is 15.5 Å². The summed E-state index contributed by atoms with van der Waals surface area (Å²) in [5, 5.41) is 18.4. The van der Waals surface area contributed by atoms with E-state index >= 15 is 0 Å². The second kappa shape index (κ2) is 5.05. The first-order valence-corrected chi connectivity index (χ1v) is 6.87. The summed E-state index contributed by atoms with van der Waals surface area (Å²) >= 11 is 0. The molecule has 0 atom stereocenters. The number of aromatic nitrogens is 1. The van der Waals surface area contributed by atoms with Gasteiger partial charge in [-0.05, 0) is 48.7 Å². The van der Waals surface area contributed by atoms with Gasteiger partial charge in [0.15, 0.2) is 0 Å². The number of carbonyl (C=O) groups is 1. The van der Waals surface area contributed by atoms with Crippen molar-refractivity contribution in [2.24, 2.45) is 0 Å². The Balaban J connectivity index is 2.27. The van der Waals surface area contributed by atoms with E-state index in [2.05, 4.69) is 6.07 Å². The van der Waals surface area contributed by atoms with Crippen LogP contribution >= 0.6 is 0 Å². The van der Waals surface area contributed by atoms with Crippen molar-refractivity contribution in [3.8, 4) is 17.3 Å². The maximum absolute atomic E-state index is 11.0. The van der Waals surface area contributed by atoms with Gasteiger partial charge in [-0.2, -0.15) is 5.26 Å². The molecule has 2 aromatic heterocycles. The van der Waals surface area contributed by atoms with Gasteiger partial charge < -0.3 is 9.51 Å². The first-order chi connectivity index (χ1) is 10.5. The zero-order chi connectivity index (χ0) is 15.9. The average molecular weight is 290 g/mol. The Bertz CT molecular complexity index is 928. The van der Waals surface area contributed by atoms with Crippen molar-refractivity contribution in [2.75, 3.05) is 0 Å². The molecule has 1 N–H and O–H groups in total. The number of nitrogens with zero attached hydrogens (tertiary/aromatic N) is 2. The molecule has 4 heteroatoms. The van der Waals surface area contributed by atoms with Crippen LogP contribution in [0, 0.1) is 25.2 Å². The summed E-state index contributed by atoms with van der Waals surface area (Å²) < 4.78 is 2.00. The Morgan fingerprint density at radius 3 is 2.45 bits per heavy atom. The number of aromatic carboxylic acids is 1. The number of rotatable bonds is 2. The predicted octanol–water partition coefficient (Wildman–Crippen LogP) is 3.79. The highest BCUT2D eigenvalue weighted by Crippen LogP contribution is 2.28. The molecular weight excluding hydrogens is 276 g/mol. The van der Waals surface area contributed by atoms with Crippen LogP contribution in [-0.2, 0) is 0 Å². The number of aryl methyl sites for hydroxylation is 2. The molecule has 1 aromatic carbocycles. The van der Waals surface area contributed by atoms with E-state index < -0.39 is 5.97 Å². The molecule has 0 spiro atoms. The van der Waals surface area contributed by atoms with Gasteiger partial charge in [-0.15, -0.1) is 0 Å². The van der Waals surface area contributed by atoms with Crippen LogP contribution in [0.4, 0.5) is 0 Å². The van der Waals surface area contributed by atoms with Crippen molar-refractivity contribution in [3.05, 3.63) is 64.8 Å². The Labute approximate surface area is 127 Å². The van der Waals surface area contributed by atoms with Crippen molar-refractivity contribution >= 4 is 11.5 Å². The molecule has 4 nitrogen and oxygen atoms in total. The van der Waals surface area contributed by atoms with Gasteiger partial charge in [-0.25, -0.2) is 4.79 Å². The second-order valence-electron chi connectivity index (χ2n) is 5.36. The van der Waals surface area contributed by atoms with Crippen LogP contribution in [0.3, 0.4) is 0 Å². The van der Waals surface area contributed by atoms with Crippen molar-refractivity contribution in [3.63, 3.8) is 0 Å². The standard InChI is InChI=1S/C18H14N2O2/c1-11-7-12(2)17-15(9-19)8-16(20(17)10-11)13-3-5-14(6-4-13)18(21)22/h3-8,10H,1-2H3,(H,21,22). The summed E-state index contributed by atoms with van der Waals surface area (Å²) in [5.41, 5.74) is 5.68. The summed E-state index contributed by atoms with van der Waals surface area (Å²) in [7, 11) is 0. The van der Waals surface area contributed by atoms with Gasteiger partial charge in [0, 0.05) is 6.20 Å². The minimum Gasteiger partial charge on any atom is -0.478 e. The molecule has 0 bridgehead atoms. The second-order valence-corrected chi connectivity index (χ2v) is 5.36. The molecular formula is C18H14N2O2. The molecule has 0 saturated carbocycles. The Morgan fingerprint density at radius 1 is 1.18 bits per heavy atom. The van der Waals surface area contributed by atoms with Crippen LogP contribution in [0.15, 0.2) is 42.6 Å². The summed E-state index contributed by atoms with van der Waals surface area (Å²) in [5.74, 6) is -0.948. The molecule has 0 amide bonds. The number of pyridine rings is 1. The van der Waals surface area contributed by atoms with Gasteiger partial charge >= 0.3 is 5.97 Å². The molecule has 2 heterocycles. The number of carboxylic acids is 1. The van der Waals surface area contributed by atoms with Crippen molar-refractivity contribution in [1.29, 1.82) is 5.26 Å². The molecule has 3 aromatic rings. The third-order valence-corrected chi connectivity index (χ3v) is 3.74. The average Bonchev–Trinajstić information content (AvgIpc) is 2.86. The number of nitriles is 1. The monoisotopic (exact) mass is 290 g/mol. The quantitative estimate of drug-likeness (QED) is 0.780. The fourth-order valence-electron chi connectivity index (χ4n) is 2.80. The molecule has 0 aliphatic rings. The summed E-state index contributed by atoms with van der Waals surface area (Å²) in [6.45, 7) is 4.00. The topological polar surface area (TPSA) is 65.5 Å². The van der Waals surface area contributed by atoms with Gasteiger partial charge in [0.1, 0.15) is 6.07 Å². The van der Waals surface area contributed by atoms with Gasteiger partial charge in [0.25, 0.3) is 0 Å². The minimum absolute atomic E-state index is 0.248. The lowest BCUT2D eigenvalue weighted by molar-refractivity contribution is 0.0697. The summed E-state index contributed by atoms with van der Waals surface area (Å²) in [4.78, 5) is 11.0. The van der Waals surface area contributed by atoms with E-state index in [1.165, 1.54) is 0 Å². The Hall–Kier alpha value is -3.06. The van der Waals surface area contributed by atoms with Gasteiger partial charge in [0.2, 0.25) is 0 Å². The summed E-state index contributed by atoms with van der Waals surface area (Å²) in [6.07, 6.45) is 1.99. The lowest BCUT2D eigenvalue weighted by Gasteiger charge is -2.07. The molecule has 0 unspecified atom stereocenters. The van der Waals surface area contributed by atoms with Crippen LogP contribution in [0.1, 0.15) is 27.0 Å². The predicted molar refractivity (Wildman–Crippen MR) is 84.0 cm³/mol. The number of hydrogen-bond acceptors (Lipinski definition) is 2. The number of benzene rings is 1. The zero-order valence-electron chi connectivity index (χ0n) is 12.3. The van der Waals surface area contributed by atoms with E-state index in [0.717, 1.165) is 27.9 Å². The summed E-state index contributed by atoms with van der Waals surface area (Å²) in [6, 6.07) is 12.8. The highest BCUT2D eigenvalue weighted by molar-refractivity contribution is 5.88. The molecule has 108 valence electrons. The largest absolute Gasteiger partial charge is 0.478 e. The van der Waals surface area contributed by atoms with Crippen LogP contribution in [0.5, 0.6) is 0 Å². The third kappa shape index (κ3) is 2.13. The fraction of sp³-hybridized carbons (Fsp3) is 0.111. The number of hydrogen-bond donors (Lipinski definition) is 1. The van der Waals surface area contributed by atoms with Crippen LogP contribution in [0.2, 0.25) is 0 Å². The lowest BCUT2D eigenvalue weighted by Crippen LogP contribution is -1.96. The van der Waals surface area contributed by atoms with Crippen LogP contribution in [0.25, 0.3) is 16.8 Å². The van der Waals surface area contributed by atoms with E-state index in [0.29, 0.717) is 5.56 Å². The van der Waals surface area contributed by atoms with Crippen molar-refractivity contribution < 1.29 is 9.90 Å². The highest BCUT2D eigenvalue weighted by Gasteiger charge is 2.13. The van der Waals surface area contributed by atoms with Gasteiger partial charge in [-0.1, -0.05) is 18.2 Å². The van der Waals surface area contributed by atoms with Gasteiger partial charge in [0.05, 0.1) is 22.3 Å². The molecule has 0 aliphatic heterocycles. The Morgan fingerprint density at radius 2 is 1.86 bits per heavy atom. The van der Waals surface area contributed by atoms with Crippen LogP contribution < -0.4 is 0 Å². The third-order valence-electron chi connectivity index (χ3n) is 3.74. The van der Waals surface area contributed by atoms with Gasteiger partial charge in [-0.3, -0.25) is 0 Å². The van der Waals surface area contributed by atoms with E-state index in [-0.39, 0.29) is 5.56 Å². The molecule has 0 fully saturated rings. The lowest BCUT2D eigenvalue weighted by atomic mass is 10.1. The van der Waals surface area contributed by atoms with E-state index in [1.807, 2.05) is 36.6 Å². The van der Waals surface area contributed by atoms with Crippen molar-refractivity contribution in [2.45, 2.75) is 13.8 Å².